The van der Waals surface area contributed by atoms with Gasteiger partial charge in [-0.2, -0.15) is 0 Å². The van der Waals surface area contributed by atoms with Crippen molar-refractivity contribution < 1.29 is 9.13 Å². The first-order valence-electron chi connectivity index (χ1n) is 6.78. The second-order valence-electron chi connectivity index (χ2n) is 4.85. The van der Waals surface area contributed by atoms with Crippen molar-refractivity contribution in [1.29, 1.82) is 0 Å². The van der Waals surface area contributed by atoms with E-state index in [1.165, 1.54) is 6.07 Å². The van der Waals surface area contributed by atoms with E-state index in [2.05, 4.69) is 15.3 Å². The molecule has 0 bridgehead atoms. The fourth-order valence-electron chi connectivity index (χ4n) is 2.32. The van der Waals surface area contributed by atoms with Gasteiger partial charge in [-0.05, 0) is 31.5 Å². The van der Waals surface area contributed by atoms with Crippen LogP contribution in [0.5, 0.6) is 11.5 Å². The number of aromatic nitrogens is 2. The van der Waals surface area contributed by atoms with Crippen LogP contribution >= 0.6 is 0 Å². The van der Waals surface area contributed by atoms with Gasteiger partial charge in [-0.3, -0.25) is 0 Å². The number of hydrogen-bond acceptors (Lipinski definition) is 4. The van der Waals surface area contributed by atoms with Crippen LogP contribution in [0.2, 0.25) is 0 Å². The molecule has 1 N–H and O–H groups in total. The normalized spacial score (nSPS) is 18.8. The highest BCUT2D eigenvalue weighted by molar-refractivity contribution is 5.29. The lowest BCUT2D eigenvalue weighted by Gasteiger charge is -2.21. The molecule has 1 atom stereocenters. The van der Waals surface area contributed by atoms with Crippen LogP contribution in [-0.2, 0) is 0 Å². The average molecular weight is 273 g/mol. The van der Waals surface area contributed by atoms with Crippen LogP contribution in [0.1, 0.15) is 24.6 Å². The second kappa shape index (κ2) is 5.96. The summed E-state index contributed by atoms with van der Waals surface area (Å²) in [7, 11) is 0. The van der Waals surface area contributed by atoms with Crippen LogP contribution in [0, 0.1) is 5.82 Å². The Labute approximate surface area is 117 Å². The molecule has 104 valence electrons. The number of rotatable bonds is 3. The Hall–Kier alpha value is -2.01. The Morgan fingerprint density at radius 1 is 1.20 bits per heavy atom. The molecule has 3 rings (SSSR count). The zero-order chi connectivity index (χ0) is 13.8. The van der Waals surface area contributed by atoms with E-state index in [-0.39, 0.29) is 5.75 Å². The molecule has 5 heteroatoms. The fourth-order valence-corrected chi connectivity index (χ4v) is 2.32. The van der Waals surface area contributed by atoms with Gasteiger partial charge in [-0.1, -0.05) is 12.1 Å². The molecule has 1 unspecified atom stereocenters. The van der Waals surface area contributed by atoms with E-state index >= 15 is 0 Å². The van der Waals surface area contributed by atoms with Crippen molar-refractivity contribution in [2.45, 2.75) is 18.8 Å². The maximum absolute atomic E-state index is 13.5. The Balaban J connectivity index is 1.71. The first kappa shape index (κ1) is 13.0. The van der Waals surface area contributed by atoms with E-state index in [9.17, 15) is 4.39 Å². The topological polar surface area (TPSA) is 47.0 Å². The first-order chi connectivity index (χ1) is 9.83. The van der Waals surface area contributed by atoms with Gasteiger partial charge in [0.05, 0.1) is 12.4 Å². The maximum atomic E-state index is 13.5. The zero-order valence-corrected chi connectivity index (χ0v) is 11.1. The largest absolute Gasteiger partial charge is 0.451 e. The molecule has 1 aliphatic rings. The molecule has 2 heterocycles. The monoisotopic (exact) mass is 273 g/mol. The predicted octanol–water partition coefficient (Wildman–Crippen LogP) is 2.88. The van der Waals surface area contributed by atoms with E-state index in [4.69, 9.17) is 4.74 Å². The molecule has 2 aromatic rings. The number of piperidine rings is 1. The summed E-state index contributed by atoms with van der Waals surface area (Å²) in [6.45, 7) is 1.97. The lowest BCUT2D eigenvalue weighted by molar-refractivity contribution is 0.428. The van der Waals surface area contributed by atoms with Crippen molar-refractivity contribution in [3.8, 4) is 11.5 Å². The zero-order valence-electron chi connectivity index (χ0n) is 11.1. The van der Waals surface area contributed by atoms with Crippen molar-refractivity contribution in [3.63, 3.8) is 0 Å². The summed E-state index contributed by atoms with van der Waals surface area (Å²) in [4.78, 5) is 8.66. The smallest absolute Gasteiger partial charge is 0.165 e. The Bertz CT molecular complexity index is 568. The maximum Gasteiger partial charge on any atom is 0.165 e. The molecule has 0 spiro atoms. The Morgan fingerprint density at radius 3 is 2.70 bits per heavy atom. The molecular weight excluding hydrogens is 257 g/mol. The number of nitrogens with zero attached hydrogens (tertiary/aromatic N) is 2. The van der Waals surface area contributed by atoms with Gasteiger partial charge in [0.25, 0.3) is 0 Å². The van der Waals surface area contributed by atoms with Crippen molar-refractivity contribution in [1.82, 2.24) is 15.3 Å². The molecule has 1 saturated heterocycles. The minimum Gasteiger partial charge on any atom is -0.451 e. The summed E-state index contributed by atoms with van der Waals surface area (Å²) >= 11 is 0. The highest BCUT2D eigenvalue weighted by Crippen LogP contribution is 2.24. The summed E-state index contributed by atoms with van der Waals surface area (Å²) in [6, 6.07) is 6.28. The minimum absolute atomic E-state index is 0.184. The summed E-state index contributed by atoms with van der Waals surface area (Å²) in [5.41, 5.74) is 0. The van der Waals surface area contributed by atoms with Crippen LogP contribution in [0.3, 0.4) is 0 Å². The van der Waals surface area contributed by atoms with Crippen LogP contribution < -0.4 is 10.1 Å². The summed E-state index contributed by atoms with van der Waals surface area (Å²) < 4.78 is 18.9. The van der Waals surface area contributed by atoms with Gasteiger partial charge < -0.3 is 10.1 Å². The number of nitrogens with one attached hydrogen (secondary N) is 1. The van der Waals surface area contributed by atoms with E-state index in [0.717, 1.165) is 31.8 Å². The Morgan fingerprint density at radius 2 is 2.00 bits per heavy atom. The highest BCUT2D eigenvalue weighted by atomic mass is 19.1. The van der Waals surface area contributed by atoms with Crippen LogP contribution in [0.25, 0.3) is 0 Å². The van der Waals surface area contributed by atoms with Crippen LogP contribution in [-0.4, -0.2) is 23.1 Å². The van der Waals surface area contributed by atoms with Crippen molar-refractivity contribution in [2.24, 2.45) is 0 Å². The number of para-hydroxylation sites is 1. The molecule has 4 nitrogen and oxygen atoms in total. The molecule has 0 saturated carbocycles. The van der Waals surface area contributed by atoms with E-state index < -0.39 is 5.82 Å². The molecule has 1 aromatic heterocycles. The molecule has 0 amide bonds. The molecule has 1 fully saturated rings. The second-order valence-corrected chi connectivity index (χ2v) is 4.85. The predicted molar refractivity (Wildman–Crippen MR) is 73.4 cm³/mol. The lowest BCUT2D eigenvalue weighted by atomic mass is 9.99. The third kappa shape index (κ3) is 2.93. The fraction of sp³-hybridized carbons (Fsp3) is 0.333. The van der Waals surface area contributed by atoms with Crippen LogP contribution in [0.4, 0.5) is 4.39 Å². The van der Waals surface area contributed by atoms with Crippen LogP contribution in [0.15, 0.2) is 36.7 Å². The third-order valence-corrected chi connectivity index (χ3v) is 3.37. The summed E-state index contributed by atoms with van der Waals surface area (Å²) in [6.07, 6.45) is 5.44. The Kier molecular flexibility index (Phi) is 3.87. The quantitative estimate of drug-likeness (QED) is 0.934. The SMILES string of the molecule is Fc1ccccc1Oc1cnc(C2CCCNC2)nc1. The van der Waals surface area contributed by atoms with E-state index in [1.807, 2.05) is 0 Å². The van der Waals surface area contributed by atoms with Gasteiger partial charge in [0.1, 0.15) is 5.82 Å². The number of halogens is 1. The minimum atomic E-state index is -0.395. The van der Waals surface area contributed by atoms with Gasteiger partial charge in [0.2, 0.25) is 0 Å². The van der Waals surface area contributed by atoms with Gasteiger partial charge >= 0.3 is 0 Å². The number of benzene rings is 1. The molecule has 1 aliphatic heterocycles. The van der Waals surface area contributed by atoms with Gasteiger partial charge in [-0.25, -0.2) is 14.4 Å². The molecule has 0 radical (unpaired) electrons. The van der Waals surface area contributed by atoms with E-state index in [1.54, 1.807) is 30.6 Å². The number of ether oxygens (including phenoxy) is 1. The average Bonchev–Trinajstić information content (AvgIpc) is 2.51. The molecule has 0 aliphatic carbocycles. The van der Waals surface area contributed by atoms with Crippen molar-refractivity contribution >= 4 is 0 Å². The lowest BCUT2D eigenvalue weighted by Crippen LogP contribution is -2.29. The summed E-state index contributed by atoms with van der Waals surface area (Å²) in [5.74, 6) is 1.41. The number of hydrogen-bond donors (Lipinski definition) is 1. The molecule has 20 heavy (non-hydrogen) atoms. The standard InChI is InChI=1S/C15H16FN3O/c16-13-5-1-2-6-14(13)20-12-9-18-15(19-10-12)11-4-3-7-17-8-11/h1-2,5-6,9-11,17H,3-4,7-8H2. The highest BCUT2D eigenvalue weighted by Gasteiger charge is 2.17. The molecular formula is C15H16FN3O. The van der Waals surface area contributed by atoms with E-state index in [0.29, 0.717) is 11.7 Å². The van der Waals surface area contributed by atoms with Gasteiger partial charge in [0.15, 0.2) is 17.3 Å². The molecule has 1 aromatic carbocycles. The van der Waals surface area contributed by atoms with Gasteiger partial charge in [-0.15, -0.1) is 0 Å². The third-order valence-electron chi connectivity index (χ3n) is 3.37. The van der Waals surface area contributed by atoms with Crippen molar-refractivity contribution in [2.75, 3.05) is 13.1 Å². The van der Waals surface area contributed by atoms with Crippen molar-refractivity contribution in [3.05, 3.63) is 48.3 Å². The van der Waals surface area contributed by atoms with Gasteiger partial charge in [0, 0.05) is 12.5 Å². The first-order valence-corrected chi connectivity index (χ1v) is 6.78. The summed E-state index contributed by atoms with van der Waals surface area (Å²) in [5, 5.41) is 3.33.